The zero-order valence-corrected chi connectivity index (χ0v) is 14.7. The summed E-state index contributed by atoms with van der Waals surface area (Å²) >= 11 is 4.82. The third kappa shape index (κ3) is 2.70. The van der Waals surface area contributed by atoms with Gasteiger partial charge in [0.2, 0.25) is 5.91 Å². The van der Waals surface area contributed by atoms with Crippen LogP contribution >= 0.6 is 27.3 Å². The van der Waals surface area contributed by atoms with Gasteiger partial charge in [0.15, 0.2) is 0 Å². The first-order chi connectivity index (χ1) is 11.1. The van der Waals surface area contributed by atoms with Gasteiger partial charge < -0.3 is 9.80 Å². The lowest BCUT2D eigenvalue weighted by molar-refractivity contribution is -0.117. The minimum atomic E-state index is 0.0686. The predicted octanol–water partition coefficient (Wildman–Crippen LogP) is 2.53. The highest BCUT2D eigenvalue weighted by molar-refractivity contribution is 9.10. The molecule has 2 amide bonds. The van der Waals surface area contributed by atoms with Crippen molar-refractivity contribution in [1.29, 1.82) is 0 Å². The number of anilines is 1. The Kier molecular flexibility index (Phi) is 3.73. The SMILES string of the molecule is O=C(c1cc(Br)cs1)N1CC(n2cc(N3CCCC3=O)cn2)C1. The lowest BCUT2D eigenvalue weighted by Crippen LogP contribution is -2.50. The van der Waals surface area contributed by atoms with E-state index in [1.165, 1.54) is 11.3 Å². The molecule has 2 aromatic rings. The van der Waals surface area contributed by atoms with Crippen molar-refractivity contribution < 1.29 is 9.59 Å². The molecule has 6 nitrogen and oxygen atoms in total. The fraction of sp³-hybridized carbons (Fsp3) is 0.400. The van der Waals surface area contributed by atoms with Gasteiger partial charge in [-0.05, 0) is 28.4 Å². The molecule has 23 heavy (non-hydrogen) atoms. The summed E-state index contributed by atoms with van der Waals surface area (Å²) in [6.07, 6.45) is 5.18. The first-order valence-electron chi connectivity index (χ1n) is 7.49. The maximum Gasteiger partial charge on any atom is 0.264 e. The second kappa shape index (κ2) is 5.76. The normalized spacial score (nSPS) is 18.6. The Bertz CT molecular complexity index is 765. The Morgan fingerprint density at radius 2 is 2.22 bits per heavy atom. The highest BCUT2D eigenvalue weighted by Gasteiger charge is 2.34. The lowest BCUT2D eigenvalue weighted by Gasteiger charge is -2.38. The number of amides is 2. The minimum Gasteiger partial charge on any atom is -0.334 e. The van der Waals surface area contributed by atoms with Crippen molar-refractivity contribution in [2.75, 3.05) is 24.5 Å². The van der Waals surface area contributed by atoms with Crippen molar-refractivity contribution in [2.45, 2.75) is 18.9 Å². The number of rotatable bonds is 3. The molecule has 0 atom stereocenters. The van der Waals surface area contributed by atoms with Crippen LogP contribution in [0, 0.1) is 0 Å². The largest absolute Gasteiger partial charge is 0.334 e. The van der Waals surface area contributed by atoms with Gasteiger partial charge in [0, 0.05) is 42.1 Å². The number of likely N-dealkylation sites (tertiary alicyclic amines) is 1. The topological polar surface area (TPSA) is 58.4 Å². The molecule has 120 valence electrons. The molecule has 0 aliphatic carbocycles. The Morgan fingerprint density at radius 3 is 2.87 bits per heavy atom. The van der Waals surface area contributed by atoms with Crippen LogP contribution in [0.15, 0.2) is 28.3 Å². The zero-order valence-electron chi connectivity index (χ0n) is 12.3. The van der Waals surface area contributed by atoms with Crippen LogP contribution < -0.4 is 4.90 Å². The summed E-state index contributed by atoms with van der Waals surface area (Å²) in [7, 11) is 0. The van der Waals surface area contributed by atoms with Crippen LogP contribution in [-0.2, 0) is 4.79 Å². The van der Waals surface area contributed by atoms with Gasteiger partial charge >= 0.3 is 0 Å². The number of hydrogen-bond donors (Lipinski definition) is 0. The van der Waals surface area contributed by atoms with Gasteiger partial charge in [-0.1, -0.05) is 0 Å². The number of thiophene rings is 1. The fourth-order valence-corrected chi connectivity index (χ4v) is 4.35. The van der Waals surface area contributed by atoms with Crippen LogP contribution in [0.5, 0.6) is 0 Å². The molecule has 2 fully saturated rings. The van der Waals surface area contributed by atoms with Crippen molar-refractivity contribution in [1.82, 2.24) is 14.7 Å². The van der Waals surface area contributed by atoms with Gasteiger partial charge in [-0.15, -0.1) is 11.3 Å². The summed E-state index contributed by atoms with van der Waals surface area (Å²) in [5.74, 6) is 0.234. The maximum absolute atomic E-state index is 12.3. The summed E-state index contributed by atoms with van der Waals surface area (Å²) in [5.41, 5.74) is 0.861. The summed E-state index contributed by atoms with van der Waals surface area (Å²) in [4.78, 5) is 28.4. The second-order valence-electron chi connectivity index (χ2n) is 5.82. The molecule has 0 saturated carbocycles. The average molecular weight is 395 g/mol. The Labute approximate surface area is 145 Å². The summed E-state index contributed by atoms with van der Waals surface area (Å²) in [5, 5.41) is 6.28. The van der Waals surface area contributed by atoms with E-state index in [4.69, 9.17) is 0 Å². The summed E-state index contributed by atoms with van der Waals surface area (Å²) in [6.45, 7) is 2.08. The van der Waals surface area contributed by atoms with Crippen molar-refractivity contribution >= 4 is 44.8 Å². The highest BCUT2D eigenvalue weighted by atomic mass is 79.9. The van der Waals surface area contributed by atoms with Crippen LogP contribution in [0.2, 0.25) is 0 Å². The van der Waals surface area contributed by atoms with Gasteiger partial charge in [0.25, 0.3) is 5.91 Å². The summed E-state index contributed by atoms with van der Waals surface area (Å²) in [6, 6.07) is 2.04. The molecule has 2 aliphatic heterocycles. The first kappa shape index (κ1) is 14.9. The molecular weight excluding hydrogens is 380 g/mol. The molecular formula is C15H15BrN4O2S. The molecule has 0 N–H and O–H groups in total. The standard InChI is InChI=1S/C15H15BrN4O2S/c16-10-4-13(23-9-10)15(22)18-6-12(7-18)20-8-11(5-17-20)19-3-1-2-14(19)21/h4-5,8-9,12H,1-3,6-7H2. The molecule has 0 bridgehead atoms. The van der Waals surface area contributed by atoms with Crippen molar-refractivity contribution in [2.24, 2.45) is 0 Å². The zero-order chi connectivity index (χ0) is 16.0. The lowest BCUT2D eigenvalue weighted by atomic mass is 10.1. The molecule has 0 aromatic carbocycles. The van der Waals surface area contributed by atoms with Crippen molar-refractivity contribution in [3.8, 4) is 0 Å². The minimum absolute atomic E-state index is 0.0686. The number of carbonyl (C=O) groups excluding carboxylic acids is 2. The Balaban J connectivity index is 1.39. The monoisotopic (exact) mass is 394 g/mol. The quantitative estimate of drug-likeness (QED) is 0.803. The number of aromatic nitrogens is 2. The van der Waals surface area contributed by atoms with Crippen LogP contribution in [0.4, 0.5) is 5.69 Å². The Morgan fingerprint density at radius 1 is 1.39 bits per heavy atom. The molecule has 4 rings (SSSR count). The van der Waals surface area contributed by atoms with Gasteiger partial charge in [0.1, 0.15) is 0 Å². The molecule has 2 aliphatic rings. The van der Waals surface area contributed by atoms with E-state index in [2.05, 4.69) is 21.0 Å². The van der Waals surface area contributed by atoms with Crippen LogP contribution in [0.3, 0.4) is 0 Å². The Hall–Kier alpha value is -1.67. The number of nitrogens with zero attached hydrogens (tertiary/aromatic N) is 4. The van der Waals surface area contributed by atoms with E-state index in [0.29, 0.717) is 19.5 Å². The average Bonchev–Trinajstić information content (AvgIpc) is 3.18. The van der Waals surface area contributed by atoms with E-state index in [9.17, 15) is 9.59 Å². The van der Waals surface area contributed by atoms with Crippen LogP contribution in [0.25, 0.3) is 0 Å². The second-order valence-corrected chi connectivity index (χ2v) is 7.65. The molecule has 0 spiro atoms. The molecule has 0 unspecified atom stereocenters. The molecule has 2 saturated heterocycles. The smallest absolute Gasteiger partial charge is 0.264 e. The van der Waals surface area contributed by atoms with Crippen molar-refractivity contribution in [3.05, 3.63) is 33.2 Å². The fourth-order valence-electron chi connectivity index (χ4n) is 2.96. The third-order valence-corrected chi connectivity index (χ3v) is 5.95. The van der Waals surface area contributed by atoms with E-state index >= 15 is 0 Å². The van der Waals surface area contributed by atoms with E-state index in [1.807, 2.05) is 27.2 Å². The number of carbonyl (C=O) groups is 2. The molecule has 2 aromatic heterocycles. The van der Waals surface area contributed by atoms with E-state index in [0.717, 1.165) is 28.0 Å². The van der Waals surface area contributed by atoms with Gasteiger partial charge in [-0.2, -0.15) is 5.10 Å². The predicted molar refractivity (Wildman–Crippen MR) is 90.8 cm³/mol. The third-order valence-electron chi connectivity index (χ3n) is 4.27. The maximum atomic E-state index is 12.3. The summed E-state index contributed by atoms with van der Waals surface area (Å²) < 4.78 is 2.81. The van der Waals surface area contributed by atoms with Gasteiger partial charge in [-0.25, -0.2) is 0 Å². The molecule has 8 heteroatoms. The van der Waals surface area contributed by atoms with Gasteiger partial charge in [-0.3, -0.25) is 14.3 Å². The van der Waals surface area contributed by atoms with Crippen LogP contribution in [0.1, 0.15) is 28.6 Å². The number of halogens is 1. The van der Waals surface area contributed by atoms with Gasteiger partial charge in [0.05, 0.1) is 22.8 Å². The molecule has 4 heterocycles. The molecule has 0 radical (unpaired) electrons. The van der Waals surface area contributed by atoms with Crippen LogP contribution in [-0.4, -0.2) is 46.1 Å². The number of hydrogen-bond acceptors (Lipinski definition) is 4. The van der Waals surface area contributed by atoms with E-state index in [1.54, 1.807) is 11.1 Å². The first-order valence-corrected chi connectivity index (χ1v) is 9.17. The van der Waals surface area contributed by atoms with E-state index < -0.39 is 0 Å². The van der Waals surface area contributed by atoms with Crippen molar-refractivity contribution in [3.63, 3.8) is 0 Å². The van der Waals surface area contributed by atoms with E-state index in [-0.39, 0.29) is 17.9 Å². The highest BCUT2D eigenvalue weighted by Crippen LogP contribution is 2.28.